The molecule has 1 atom stereocenters. The monoisotopic (exact) mass is 259 g/mol. The average Bonchev–Trinajstić information content (AvgIpc) is 2.80. The molecule has 0 aromatic rings. The Labute approximate surface area is 114 Å². The van der Waals surface area contributed by atoms with Crippen molar-refractivity contribution in [2.24, 2.45) is 0 Å². The van der Waals surface area contributed by atoms with Crippen LogP contribution in [0.2, 0.25) is 0 Å². The lowest BCUT2D eigenvalue weighted by molar-refractivity contribution is -0.125. The molecule has 110 valence electrons. The minimum atomic E-state index is 0.108. The van der Waals surface area contributed by atoms with E-state index >= 15 is 0 Å². The molecule has 0 bridgehead atoms. The highest BCUT2D eigenvalue weighted by molar-refractivity contribution is 5.81. The minimum Gasteiger partial charge on any atom is -0.353 e. The number of amides is 1. The number of carbonyl (C=O) groups is 1. The number of rotatable bonds is 4. The van der Waals surface area contributed by atoms with E-state index in [1.54, 1.807) is 0 Å². The zero-order chi connectivity index (χ0) is 14.6. The Bertz CT molecular complexity index is 195. The fraction of sp³-hybridized carbons (Fsp3) is 0.929. The van der Waals surface area contributed by atoms with Crippen molar-refractivity contribution in [1.29, 1.82) is 0 Å². The van der Waals surface area contributed by atoms with Gasteiger partial charge in [-0.25, -0.2) is 0 Å². The Morgan fingerprint density at radius 2 is 1.83 bits per heavy atom. The van der Waals surface area contributed by atoms with Gasteiger partial charge in [-0.05, 0) is 40.5 Å². The molecule has 0 radical (unpaired) electrons. The number of hydrogen-bond acceptors (Lipinski definition) is 3. The molecule has 1 N–H and O–H groups in total. The van der Waals surface area contributed by atoms with Crippen LogP contribution in [-0.4, -0.2) is 62.5 Å². The van der Waals surface area contributed by atoms with E-state index in [4.69, 9.17) is 0 Å². The summed E-state index contributed by atoms with van der Waals surface area (Å²) in [5.74, 6) is 0.187. The molecule has 0 spiro atoms. The van der Waals surface area contributed by atoms with Crippen molar-refractivity contribution >= 4 is 5.91 Å². The summed E-state index contributed by atoms with van der Waals surface area (Å²) in [6.07, 6.45) is 2.15. The van der Waals surface area contributed by atoms with Gasteiger partial charge in [0.15, 0.2) is 0 Å². The smallest absolute Gasteiger partial charge is 0.237 e. The molecule has 0 aromatic carbocycles. The SMILES string of the molecule is CC.CC.CN(C)CCNC(=O)[C@H]1CCCN1C. The molecular formula is C14H33N3O. The predicted octanol–water partition coefficient (Wildman–Crippen LogP) is 1.81. The van der Waals surface area contributed by atoms with Gasteiger partial charge in [-0.2, -0.15) is 0 Å². The second-order valence-electron chi connectivity index (χ2n) is 4.23. The number of nitrogens with zero attached hydrogens (tertiary/aromatic N) is 2. The fourth-order valence-electron chi connectivity index (χ4n) is 1.76. The van der Waals surface area contributed by atoms with Gasteiger partial charge in [0.2, 0.25) is 5.91 Å². The summed E-state index contributed by atoms with van der Waals surface area (Å²) in [5.41, 5.74) is 0. The third kappa shape index (κ3) is 8.48. The largest absolute Gasteiger partial charge is 0.353 e. The highest BCUT2D eigenvalue weighted by Gasteiger charge is 2.27. The number of likely N-dealkylation sites (tertiary alicyclic amines) is 1. The van der Waals surface area contributed by atoms with E-state index in [2.05, 4.69) is 15.1 Å². The van der Waals surface area contributed by atoms with Crippen molar-refractivity contribution in [2.45, 2.75) is 46.6 Å². The second kappa shape index (κ2) is 12.8. The molecule has 1 amide bonds. The molecule has 1 saturated heterocycles. The van der Waals surface area contributed by atoms with Gasteiger partial charge in [-0.3, -0.25) is 9.69 Å². The third-order valence-electron chi connectivity index (χ3n) is 2.68. The van der Waals surface area contributed by atoms with Crippen molar-refractivity contribution in [2.75, 3.05) is 40.8 Å². The van der Waals surface area contributed by atoms with Gasteiger partial charge in [0.25, 0.3) is 0 Å². The van der Waals surface area contributed by atoms with Crippen LogP contribution in [0.15, 0.2) is 0 Å². The fourth-order valence-corrected chi connectivity index (χ4v) is 1.76. The lowest BCUT2D eigenvalue weighted by Crippen LogP contribution is -2.43. The maximum absolute atomic E-state index is 11.7. The van der Waals surface area contributed by atoms with E-state index in [1.807, 2.05) is 48.8 Å². The zero-order valence-corrected chi connectivity index (χ0v) is 13.4. The van der Waals surface area contributed by atoms with E-state index in [0.717, 1.165) is 32.5 Å². The Balaban J connectivity index is 0. The molecule has 0 saturated carbocycles. The van der Waals surface area contributed by atoms with Crippen LogP contribution in [0.5, 0.6) is 0 Å². The third-order valence-corrected chi connectivity index (χ3v) is 2.68. The Morgan fingerprint density at radius 3 is 2.22 bits per heavy atom. The van der Waals surface area contributed by atoms with Crippen molar-refractivity contribution in [3.8, 4) is 0 Å². The van der Waals surface area contributed by atoms with E-state index < -0.39 is 0 Å². The van der Waals surface area contributed by atoms with Gasteiger partial charge in [0.1, 0.15) is 0 Å². The summed E-state index contributed by atoms with van der Waals surface area (Å²) in [6.45, 7) is 10.7. The molecule has 0 aliphatic carbocycles. The molecule has 1 heterocycles. The molecule has 0 unspecified atom stereocenters. The van der Waals surface area contributed by atoms with Gasteiger partial charge < -0.3 is 10.2 Å². The summed E-state index contributed by atoms with van der Waals surface area (Å²) in [6, 6.07) is 0.108. The Kier molecular flexibility index (Phi) is 14.1. The van der Waals surface area contributed by atoms with Crippen LogP contribution in [-0.2, 0) is 4.79 Å². The van der Waals surface area contributed by atoms with Crippen molar-refractivity contribution < 1.29 is 4.79 Å². The molecule has 0 aromatic heterocycles. The number of carbonyl (C=O) groups excluding carboxylic acids is 1. The number of likely N-dealkylation sites (N-methyl/N-ethyl adjacent to an activating group) is 2. The van der Waals surface area contributed by atoms with Crippen LogP contribution in [0.3, 0.4) is 0 Å². The number of hydrogen-bond donors (Lipinski definition) is 1. The van der Waals surface area contributed by atoms with E-state index in [-0.39, 0.29) is 11.9 Å². The van der Waals surface area contributed by atoms with Gasteiger partial charge in [-0.1, -0.05) is 27.7 Å². The predicted molar refractivity (Wildman–Crippen MR) is 79.9 cm³/mol. The zero-order valence-electron chi connectivity index (χ0n) is 13.4. The standard InChI is InChI=1S/C10H21N3O.2C2H6/c1-12(2)8-6-11-10(14)9-5-4-7-13(9)3;2*1-2/h9H,4-8H2,1-3H3,(H,11,14);2*1-2H3/t9-;;/m1../s1. The van der Waals surface area contributed by atoms with Crippen LogP contribution < -0.4 is 5.32 Å². The van der Waals surface area contributed by atoms with Gasteiger partial charge in [0.05, 0.1) is 6.04 Å². The first-order valence-electron chi connectivity index (χ1n) is 7.24. The van der Waals surface area contributed by atoms with Gasteiger partial charge in [-0.15, -0.1) is 0 Å². The highest BCUT2D eigenvalue weighted by atomic mass is 16.2. The Morgan fingerprint density at radius 1 is 1.28 bits per heavy atom. The van der Waals surface area contributed by atoms with Crippen LogP contribution in [0.4, 0.5) is 0 Å². The first-order chi connectivity index (χ1) is 8.61. The maximum Gasteiger partial charge on any atom is 0.237 e. The molecule has 18 heavy (non-hydrogen) atoms. The van der Waals surface area contributed by atoms with Crippen LogP contribution >= 0.6 is 0 Å². The average molecular weight is 259 g/mol. The maximum atomic E-state index is 11.7. The summed E-state index contributed by atoms with van der Waals surface area (Å²) in [4.78, 5) is 15.9. The summed E-state index contributed by atoms with van der Waals surface area (Å²) >= 11 is 0. The first kappa shape index (κ1) is 19.7. The second-order valence-corrected chi connectivity index (χ2v) is 4.23. The van der Waals surface area contributed by atoms with E-state index in [9.17, 15) is 4.79 Å². The van der Waals surface area contributed by atoms with Gasteiger partial charge >= 0.3 is 0 Å². The summed E-state index contributed by atoms with van der Waals surface area (Å²) in [5, 5.41) is 2.96. The van der Waals surface area contributed by atoms with Gasteiger partial charge in [0, 0.05) is 13.1 Å². The molecule has 1 aliphatic rings. The molecule has 1 rings (SSSR count). The van der Waals surface area contributed by atoms with E-state index in [1.165, 1.54) is 0 Å². The summed E-state index contributed by atoms with van der Waals surface area (Å²) in [7, 11) is 6.03. The van der Waals surface area contributed by atoms with Crippen LogP contribution in [0.1, 0.15) is 40.5 Å². The topological polar surface area (TPSA) is 35.6 Å². The van der Waals surface area contributed by atoms with E-state index in [0.29, 0.717) is 0 Å². The number of nitrogens with one attached hydrogen (secondary N) is 1. The van der Waals surface area contributed by atoms with Crippen molar-refractivity contribution in [1.82, 2.24) is 15.1 Å². The molecule has 4 nitrogen and oxygen atoms in total. The van der Waals surface area contributed by atoms with Crippen molar-refractivity contribution in [3.63, 3.8) is 0 Å². The lowest BCUT2D eigenvalue weighted by Gasteiger charge is -2.19. The quantitative estimate of drug-likeness (QED) is 0.836. The summed E-state index contributed by atoms with van der Waals surface area (Å²) < 4.78 is 0. The minimum absolute atomic E-state index is 0.108. The molecule has 1 fully saturated rings. The molecule has 4 heteroatoms. The first-order valence-corrected chi connectivity index (χ1v) is 7.24. The molecule has 1 aliphatic heterocycles. The molecular weight excluding hydrogens is 226 g/mol. The van der Waals surface area contributed by atoms with Crippen molar-refractivity contribution in [3.05, 3.63) is 0 Å². The van der Waals surface area contributed by atoms with Crippen LogP contribution in [0, 0.1) is 0 Å². The normalized spacial score (nSPS) is 18.6. The Hall–Kier alpha value is -0.610. The lowest BCUT2D eigenvalue weighted by atomic mass is 10.2. The van der Waals surface area contributed by atoms with Crippen LogP contribution in [0.25, 0.3) is 0 Å². The highest BCUT2D eigenvalue weighted by Crippen LogP contribution is 2.14.